The van der Waals surface area contributed by atoms with E-state index in [0.29, 0.717) is 42.9 Å². The molecule has 0 unspecified atom stereocenters. The minimum Gasteiger partial charge on any atom is -0.497 e. The molecule has 1 N–H and O–H groups in total. The maximum absolute atomic E-state index is 14.9. The monoisotopic (exact) mass is 767 g/mol. The number of aromatic nitrogens is 3. The van der Waals surface area contributed by atoms with E-state index in [0.717, 1.165) is 14.9 Å². The minimum absolute atomic E-state index is 0.0134. The zero-order valence-electron chi connectivity index (χ0n) is 26.8. The Balaban J connectivity index is 1.45. The Bertz CT molecular complexity index is 1800. The fourth-order valence-corrected chi connectivity index (χ4v) is 12.3. The molecule has 13 heteroatoms. The first-order valence-corrected chi connectivity index (χ1v) is 19.8. The van der Waals surface area contributed by atoms with Gasteiger partial charge in [-0.05, 0) is 70.4 Å². The van der Waals surface area contributed by atoms with Crippen molar-refractivity contribution < 1.29 is 24.3 Å². The number of aliphatic hydroxyl groups is 1. The van der Waals surface area contributed by atoms with Crippen molar-refractivity contribution in [1.29, 1.82) is 0 Å². The highest BCUT2D eigenvalue weighted by molar-refractivity contribution is 14.1. The number of benzene rings is 3. The quantitative estimate of drug-likeness (QED) is 0.0956. The van der Waals surface area contributed by atoms with Gasteiger partial charge in [-0.15, -0.1) is 5.10 Å². The second kappa shape index (κ2) is 13.1. The van der Waals surface area contributed by atoms with Gasteiger partial charge in [-0.1, -0.05) is 54.7 Å². The molecule has 0 radical (unpaired) electrons. The topological polar surface area (TPSA) is 133 Å². The Labute approximate surface area is 288 Å². The molecule has 6 rings (SSSR count). The number of aryl methyl sites for hydroxylation is 1. The average Bonchev–Trinajstić information content (AvgIpc) is 3.70. The summed E-state index contributed by atoms with van der Waals surface area (Å²) < 4.78 is 15.4. The van der Waals surface area contributed by atoms with Gasteiger partial charge in [-0.3, -0.25) is 19.6 Å². The fourth-order valence-electron chi connectivity index (χ4n) is 7.60. The third-order valence-electron chi connectivity index (χ3n) is 9.86. The Morgan fingerprint density at radius 3 is 2.60 bits per heavy atom. The summed E-state index contributed by atoms with van der Waals surface area (Å²) in [5.74, 6) is 0.272. The molecule has 0 aliphatic carbocycles. The maximum atomic E-state index is 14.9. The lowest BCUT2D eigenvalue weighted by Gasteiger charge is -2.37. The molecule has 3 heterocycles. The lowest BCUT2D eigenvalue weighted by Crippen LogP contribution is -2.51. The van der Waals surface area contributed by atoms with Crippen LogP contribution >= 0.6 is 22.6 Å². The summed E-state index contributed by atoms with van der Waals surface area (Å²) >= 11 is 2.26. The van der Waals surface area contributed by atoms with E-state index in [2.05, 4.69) is 65.1 Å². The number of anilines is 1. The third-order valence-corrected chi connectivity index (χ3v) is 14.9. The first-order valence-electron chi connectivity index (χ1n) is 15.7. The number of hydrogen-bond donors (Lipinski definition) is 1. The summed E-state index contributed by atoms with van der Waals surface area (Å²) in [6, 6.07) is 20.8. The molecule has 2 aliphatic rings. The molecule has 2 aliphatic heterocycles. The van der Waals surface area contributed by atoms with Crippen LogP contribution in [0, 0.1) is 19.6 Å². The molecule has 1 fully saturated rings. The highest BCUT2D eigenvalue weighted by atomic mass is 127. The van der Waals surface area contributed by atoms with E-state index < -0.39 is 18.6 Å². The predicted octanol–water partition coefficient (Wildman–Crippen LogP) is 5.19. The summed E-state index contributed by atoms with van der Waals surface area (Å²) in [5.41, 5.74) is 1.33. The van der Waals surface area contributed by atoms with Gasteiger partial charge in [0.05, 0.1) is 44.1 Å². The number of amides is 1. The Morgan fingerprint density at radius 2 is 1.91 bits per heavy atom. The van der Waals surface area contributed by atoms with E-state index in [9.17, 15) is 20.0 Å². The van der Waals surface area contributed by atoms with Crippen LogP contribution in [0.2, 0.25) is 18.6 Å². The van der Waals surface area contributed by atoms with Crippen molar-refractivity contribution in [3.05, 3.63) is 103 Å². The van der Waals surface area contributed by atoms with Crippen molar-refractivity contribution >= 4 is 53.1 Å². The van der Waals surface area contributed by atoms with Gasteiger partial charge in [0.15, 0.2) is 5.60 Å². The highest BCUT2D eigenvalue weighted by Gasteiger charge is 2.66. The van der Waals surface area contributed by atoms with Crippen LogP contribution in [-0.2, 0) is 34.6 Å². The molecule has 11 nitrogen and oxygen atoms in total. The van der Waals surface area contributed by atoms with E-state index in [1.165, 1.54) is 11.3 Å². The molecule has 47 heavy (non-hydrogen) atoms. The molecule has 1 saturated heterocycles. The third kappa shape index (κ3) is 5.98. The van der Waals surface area contributed by atoms with Crippen LogP contribution in [0.4, 0.5) is 11.4 Å². The predicted molar refractivity (Wildman–Crippen MR) is 188 cm³/mol. The Hall–Kier alpha value is -3.66. The number of hydrogen-bond acceptors (Lipinski definition) is 8. The van der Waals surface area contributed by atoms with Gasteiger partial charge in [0.25, 0.3) is 11.6 Å². The van der Waals surface area contributed by atoms with Gasteiger partial charge in [0, 0.05) is 53.0 Å². The molecule has 0 saturated carbocycles. The number of halogens is 1. The summed E-state index contributed by atoms with van der Waals surface area (Å²) in [5, 5.41) is 31.0. The highest BCUT2D eigenvalue weighted by Crippen LogP contribution is 2.60. The molecule has 4 atom stereocenters. The summed E-state index contributed by atoms with van der Waals surface area (Å²) in [6.07, 6.45) is 2.45. The van der Waals surface area contributed by atoms with Crippen molar-refractivity contribution in [2.45, 2.75) is 63.2 Å². The Kier molecular flexibility index (Phi) is 9.26. The molecular formula is C34H38IN5O6Si. The second-order valence-corrected chi connectivity index (χ2v) is 18.8. The summed E-state index contributed by atoms with van der Waals surface area (Å²) in [7, 11) is -0.758. The standard InChI is InChI=1S/C34H38IN5O6Si/c1-22-32(47(3,4)28-11-9-27(45-2)10-12-28)31(14-16-38-21-25(15-17-41)36-37-38)46-34(22)29-19-26(40(43)44)8-13-30(29)39(33(34)42)20-23-6-5-7-24(35)18-23/h5-13,18-19,21-22,31-32,41H,14-17,20H2,1-4H3/t22-,31+,32-,34+/m1/s1. The molecular weight excluding hydrogens is 729 g/mol. The van der Waals surface area contributed by atoms with E-state index in [4.69, 9.17) is 9.47 Å². The molecule has 0 bridgehead atoms. The van der Waals surface area contributed by atoms with E-state index >= 15 is 0 Å². The first-order chi connectivity index (χ1) is 22.5. The number of fused-ring (bicyclic) bond motifs is 2. The van der Waals surface area contributed by atoms with Gasteiger partial charge in [-0.25, -0.2) is 0 Å². The summed E-state index contributed by atoms with van der Waals surface area (Å²) in [4.78, 5) is 28.3. The number of carbonyl (C=O) groups excluding carboxylic acids is 1. The van der Waals surface area contributed by atoms with E-state index in [1.54, 1.807) is 28.8 Å². The normalized spacial score (nSPS) is 22.2. The van der Waals surface area contributed by atoms with Gasteiger partial charge >= 0.3 is 0 Å². The van der Waals surface area contributed by atoms with Crippen LogP contribution < -0.4 is 14.8 Å². The zero-order chi connectivity index (χ0) is 33.5. The van der Waals surface area contributed by atoms with Crippen LogP contribution in [0.25, 0.3) is 0 Å². The van der Waals surface area contributed by atoms with E-state index in [-0.39, 0.29) is 35.8 Å². The number of non-ortho nitro benzene ring substituents is 1. The van der Waals surface area contributed by atoms with Crippen LogP contribution in [0.3, 0.4) is 0 Å². The number of nitro groups is 1. The molecule has 246 valence electrons. The van der Waals surface area contributed by atoms with Crippen LogP contribution in [0.5, 0.6) is 5.75 Å². The van der Waals surface area contributed by atoms with Gasteiger partial charge in [0.1, 0.15) is 5.75 Å². The smallest absolute Gasteiger partial charge is 0.269 e. The molecule has 1 amide bonds. The van der Waals surface area contributed by atoms with Crippen LogP contribution in [0.1, 0.15) is 30.2 Å². The zero-order valence-corrected chi connectivity index (χ0v) is 30.0. The van der Waals surface area contributed by atoms with Gasteiger partial charge in [0.2, 0.25) is 0 Å². The second-order valence-electron chi connectivity index (χ2n) is 12.9. The number of nitro benzene ring substituents is 1. The number of methoxy groups -OCH3 is 1. The Morgan fingerprint density at radius 1 is 1.15 bits per heavy atom. The van der Waals surface area contributed by atoms with Crippen LogP contribution in [0.15, 0.2) is 72.9 Å². The van der Waals surface area contributed by atoms with Gasteiger partial charge in [-0.2, -0.15) is 0 Å². The lowest BCUT2D eigenvalue weighted by atomic mass is 9.82. The molecule has 1 aromatic heterocycles. The number of rotatable bonds is 11. The van der Waals surface area contributed by atoms with Crippen molar-refractivity contribution in [2.24, 2.45) is 5.92 Å². The molecule has 4 aromatic rings. The summed E-state index contributed by atoms with van der Waals surface area (Å²) in [6.45, 7) is 7.49. The fraction of sp³-hybridized carbons (Fsp3) is 0.382. The maximum Gasteiger partial charge on any atom is 0.269 e. The number of carbonyl (C=O) groups is 1. The van der Waals surface area contributed by atoms with E-state index in [1.807, 2.05) is 42.6 Å². The van der Waals surface area contributed by atoms with Crippen molar-refractivity contribution in [3.8, 4) is 5.75 Å². The van der Waals surface area contributed by atoms with Crippen LogP contribution in [-0.4, -0.2) is 58.8 Å². The first kappa shape index (κ1) is 33.2. The average molecular weight is 768 g/mol. The van der Waals surface area contributed by atoms with Crippen molar-refractivity contribution in [2.75, 3.05) is 18.6 Å². The lowest BCUT2D eigenvalue weighted by molar-refractivity contribution is -0.385. The molecule has 1 spiro atoms. The van der Waals surface area contributed by atoms with Gasteiger partial charge < -0.3 is 19.5 Å². The molecule has 3 aromatic carbocycles. The number of aliphatic hydroxyl groups excluding tert-OH is 1. The van der Waals surface area contributed by atoms with Crippen molar-refractivity contribution in [1.82, 2.24) is 15.0 Å². The number of ether oxygens (including phenoxy) is 2. The largest absolute Gasteiger partial charge is 0.497 e. The SMILES string of the molecule is COc1ccc([Si](C)(C)[C@H]2[C@H](CCn3cc(CCO)nn3)O[C@@]3(C(=O)N(Cc4cccc(I)c4)c4ccc([N+](=O)[O-])cc43)[C@@H]2C)cc1. The number of nitrogens with zero attached hydrogens (tertiary/aromatic N) is 5. The minimum atomic E-state index is -2.40. The van der Waals surface area contributed by atoms with Crippen molar-refractivity contribution in [3.63, 3.8) is 0 Å².